The molecule has 0 fully saturated rings. The van der Waals surface area contributed by atoms with E-state index in [1.807, 2.05) is 13.8 Å². The summed E-state index contributed by atoms with van der Waals surface area (Å²) in [5, 5.41) is 3.83. The van der Waals surface area contributed by atoms with E-state index in [0.29, 0.717) is 18.2 Å². The van der Waals surface area contributed by atoms with Crippen molar-refractivity contribution in [2.24, 2.45) is 5.92 Å². The van der Waals surface area contributed by atoms with Crippen molar-refractivity contribution in [3.63, 3.8) is 0 Å². The van der Waals surface area contributed by atoms with Gasteiger partial charge in [0.25, 0.3) is 17.7 Å². The van der Waals surface area contributed by atoms with Gasteiger partial charge in [0, 0.05) is 6.42 Å². The minimum Gasteiger partial charge on any atom is -0.452 e. The summed E-state index contributed by atoms with van der Waals surface area (Å²) in [5.74, 6) is -1.28. The molecule has 0 radical (unpaired) electrons. The van der Waals surface area contributed by atoms with Crippen LogP contribution in [0.15, 0.2) is 47.0 Å². The van der Waals surface area contributed by atoms with Crippen molar-refractivity contribution in [2.45, 2.75) is 26.9 Å². The van der Waals surface area contributed by atoms with E-state index in [1.165, 1.54) is 30.3 Å². The average Bonchev–Trinajstić information content (AvgIpc) is 3.28. The number of hydrogen-bond donors (Lipinski definition) is 0. The van der Waals surface area contributed by atoms with Crippen molar-refractivity contribution in [3.05, 3.63) is 76.7 Å². The van der Waals surface area contributed by atoms with E-state index < -0.39 is 23.6 Å². The van der Waals surface area contributed by atoms with Crippen molar-refractivity contribution in [3.8, 4) is 0 Å². The van der Waals surface area contributed by atoms with Crippen LogP contribution in [0.2, 0.25) is 0 Å². The number of nitrogens with zero attached hydrogens (tertiary/aromatic N) is 3. The summed E-state index contributed by atoms with van der Waals surface area (Å²) in [5.41, 5.74) is 0.565. The molecule has 0 spiro atoms. The molecule has 4 rings (SSSR count). The fourth-order valence-corrected chi connectivity index (χ4v) is 3.20. The third-order valence-corrected chi connectivity index (χ3v) is 4.63. The predicted octanol–water partition coefficient (Wildman–Crippen LogP) is 3.56. The van der Waals surface area contributed by atoms with Crippen LogP contribution < -0.4 is 4.90 Å². The van der Waals surface area contributed by atoms with Crippen LogP contribution in [-0.4, -0.2) is 27.9 Å². The molecule has 0 aliphatic carbocycles. The van der Waals surface area contributed by atoms with Gasteiger partial charge in [-0.15, -0.1) is 0 Å². The Hall–Kier alpha value is -3.88. The van der Waals surface area contributed by atoms with E-state index >= 15 is 0 Å². The van der Waals surface area contributed by atoms with E-state index in [2.05, 4.69) is 10.1 Å². The zero-order chi connectivity index (χ0) is 22.1. The SMILES string of the molecule is CC(C)Cc1noc(COC(=O)c2ccc3c(c2)C(=O)N(c2ccc(F)cc2)C3=O)n1. The van der Waals surface area contributed by atoms with Gasteiger partial charge >= 0.3 is 5.97 Å². The number of carbonyl (C=O) groups is 3. The zero-order valence-corrected chi connectivity index (χ0v) is 16.8. The summed E-state index contributed by atoms with van der Waals surface area (Å²) in [6.07, 6.45) is 0.642. The zero-order valence-electron chi connectivity index (χ0n) is 16.8. The number of halogens is 1. The van der Waals surface area contributed by atoms with Crippen LogP contribution in [0.5, 0.6) is 0 Å². The Bertz CT molecular complexity index is 1170. The Morgan fingerprint density at radius 2 is 1.81 bits per heavy atom. The van der Waals surface area contributed by atoms with Crippen molar-refractivity contribution in [1.29, 1.82) is 0 Å². The Morgan fingerprint density at radius 1 is 1.10 bits per heavy atom. The van der Waals surface area contributed by atoms with Gasteiger partial charge in [0.2, 0.25) is 0 Å². The maximum Gasteiger partial charge on any atom is 0.338 e. The molecule has 0 saturated carbocycles. The number of hydrogen-bond acceptors (Lipinski definition) is 7. The lowest BCUT2D eigenvalue weighted by molar-refractivity contribution is 0.0429. The summed E-state index contributed by atoms with van der Waals surface area (Å²) >= 11 is 0. The van der Waals surface area contributed by atoms with Crippen LogP contribution in [0.3, 0.4) is 0 Å². The van der Waals surface area contributed by atoms with Gasteiger partial charge in [-0.25, -0.2) is 14.1 Å². The highest BCUT2D eigenvalue weighted by Crippen LogP contribution is 2.29. The van der Waals surface area contributed by atoms with Gasteiger partial charge in [0.05, 0.1) is 22.4 Å². The fraction of sp³-hybridized carbons (Fsp3) is 0.227. The van der Waals surface area contributed by atoms with Crippen LogP contribution in [0.1, 0.15) is 56.6 Å². The molecular weight excluding hydrogens is 405 g/mol. The Kier molecular flexibility index (Phi) is 5.33. The second-order valence-electron chi connectivity index (χ2n) is 7.46. The lowest BCUT2D eigenvalue weighted by Crippen LogP contribution is -2.29. The summed E-state index contributed by atoms with van der Waals surface area (Å²) in [6, 6.07) is 9.09. The number of amides is 2. The van der Waals surface area contributed by atoms with Crippen molar-refractivity contribution < 1.29 is 28.0 Å². The molecule has 1 aliphatic heterocycles. The molecule has 31 heavy (non-hydrogen) atoms. The van der Waals surface area contributed by atoms with Gasteiger partial charge in [-0.1, -0.05) is 19.0 Å². The molecule has 1 aliphatic rings. The third kappa shape index (κ3) is 4.07. The Labute approximate surface area is 176 Å². The van der Waals surface area contributed by atoms with E-state index in [-0.39, 0.29) is 34.9 Å². The molecule has 9 heteroatoms. The molecule has 158 valence electrons. The fourth-order valence-electron chi connectivity index (χ4n) is 3.20. The van der Waals surface area contributed by atoms with E-state index in [0.717, 1.165) is 17.0 Å². The Balaban J connectivity index is 1.48. The molecule has 0 bridgehead atoms. The highest BCUT2D eigenvalue weighted by atomic mass is 19.1. The topological polar surface area (TPSA) is 103 Å². The summed E-state index contributed by atoms with van der Waals surface area (Å²) in [7, 11) is 0. The van der Waals surface area contributed by atoms with Crippen LogP contribution in [-0.2, 0) is 17.8 Å². The lowest BCUT2D eigenvalue weighted by atomic mass is 10.1. The average molecular weight is 423 g/mol. The maximum absolute atomic E-state index is 13.2. The minimum atomic E-state index is -0.702. The predicted molar refractivity (Wildman–Crippen MR) is 106 cm³/mol. The van der Waals surface area contributed by atoms with Crippen molar-refractivity contribution in [1.82, 2.24) is 10.1 Å². The van der Waals surface area contributed by atoms with Crippen molar-refractivity contribution in [2.75, 3.05) is 4.90 Å². The van der Waals surface area contributed by atoms with Gasteiger partial charge in [-0.3, -0.25) is 9.59 Å². The van der Waals surface area contributed by atoms with Gasteiger partial charge in [0.15, 0.2) is 12.4 Å². The highest BCUT2D eigenvalue weighted by molar-refractivity contribution is 6.34. The highest BCUT2D eigenvalue weighted by Gasteiger charge is 2.37. The van der Waals surface area contributed by atoms with E-state index in [9.17, 15) is 18.8 Å². The number of ether oxygens (including phenoxy) is 1. The molecule has 3 aromatic rings. The molecule has 0 atom stereocenters. The number of carbonyl (C=O) groups excluding carboxylic acids is 3. The molecule has 2 heterocycles. The van der Waals surface area contributed by atoms with Gasteiger partial charge in [0.1, 0.15) is 5.82 Å². The number of benzene rings is 2. The first-order chi connectivity index (χ1) is 14.8. The standard InChI is InChI=1S/C22H18FN3O5/c1-12(2)9-18-24-19(31-25-18)11-30-22(29)13-3-8-16-17(10-13)21(28)26(20(16)27)15-6-4-14(23)5-7-15/h3-8,10,12H,9,11H2,1-2H3. The van der Waals surface area contributed by atoms with Gasteiger partial charge in [-0.05, 0) is 48.4 Å². The first kappa shape index (κ1) is 20.4. The largest absolute Gasteiger partial charge is 0.452 e. The third-order valence-electron chi connectivity index (χ3n) is 4.63. The normalized spacial score (nSPS) is 13.1. The number of rotatable bonds is 6. The van der Waals surface area contributed by atoms with Crippen molar-refractivity contribution >= 4 is 23.5 Å². The smallest absolute Gasteiger partial charge is 0.338 e. The summed E-state index contributed by atoms with van der Waals surface area (Å²) < 4.78 is 23.4. The van der Waals surface area contributed by atoms with Crippen LogP contribution in [0.25, 0.3) is 0 Å². The number of imide groups is 1. The van der Waals surface area contributed by atoms with E-state index in [4.69, 9.17) is 9.26 Å². The van der Waals surface area contributed by atoms with Gasteiger partial charge < -0.3 is 9.26 Å². The first-order valence-corrected chi connectivity index (χ1v) is 9.60. The molecule has 2 amide bonds. The number of aromatic nitrogens is 2. The van der Waals surface area contributed by atoms with Gasteiger partial charge in [-0.2, -0.15) is 4.98 Å². The molecule has 2 aromatic carbocycles. The minimum absolute atomic E-state index is 0.0702. The van der Waals surface area contributed by atoms with Crippen LogP contribution >= 0.6 is 0 Å². The number of fused-ring (bicyclic) bond motifs is 1. The second-order valence-corrected chi connectivity index (χ2v) is 7.46. The molecule has 0 unspecified atom stereocenters. The molecule has 0 N–H and O–H groups in total. The quantitative estimate of drug-likeness (QED) is 0.441. The number of anilines is 1. The van der Waals surface area contributed by atoms with E-state index in [1.54, 1.807) is 0 Å². The second kappa shape index (κ2) is 8.10. The number of esters is 1. The van der Waals surface area contributed by atoms with Crippen LogP contribution in [0.4, 0.5) is 10.1 Å². The van der Waals surface area contributed by atoms with Crippen LogP contribution in [0, 0.1) is 11.7 Å². The lowest BCUT2D eigenvalue weighted by Gasteiger charge is -2.13. The summed E-state index contributed by atoms with van der Waals surface area (Å²) in [6.45, 7) is 3.83. The molecule has 1 aromatic heterocycles. The monoisotopic (exact) mass is 423 g/mol. The molecular formula is C22H18FN3O5. The maximum atomic E-state index is 13.2. The Morgan fingerprint density at radius 3 is 2.52 bits per heavy atom. The summed E-state index contributed by atoms with van der Waals surface area (Å²) in [4.78, 5) is 42.9. The first-order valence-electron chi connectivity index (χ1n) is 9.60. The molecule has 0 saturated heterocycles. The molecule has 8 nitrogen and oxygen atoms in total.